The van der Waals surface area contributed by atoms with Gasteiger partial charge in [0.2, 0.25) is 0 Å². The molecule has 3 aromatic rings. The Kier molecular flexibility index (Phi) is 3.62. The number of amides is 1. The Morgan fingerprint density at radius 3 is 2.67 bits per heavy atom. The maximum atomic E-state index is 13.1. The molecule has 1 aliphatic rings. The van der Waals surface area contributed by atoms with Crippen LogP contribution in [0.1, 0.15) is 20.8 Å². The lowest BCUT2D eigenvalue weighted by atomic mass is 10.1. The highest BCUT2D eigenvalue weighted by atomic mass is 32.1. The van der Waals surface area contributed by atoms with Crippen LogP contribution in [0.4, 0.5) is 11.4 Å². The van der Waals surface area contributed by atoms with E-state index in [1.54, 1.807) is 35.6 Å². The fourth-order valence-corrected chi connectivity index (χ4v) is 4.32. The summed E-state index contributed by atoms with van der Waals surface area (Å²) in [6, 6.07) is 17.6. The van der Waals surface area contributed by atoms with Gasteiger partial charge in [0.15, 0.2) is 0 Å². The van der Waals surface area contributed by atoms with E-state index in [1.807, 2.05) is 23.1 Å². The molecule has 0 aliphatic carbocycles. The summed E-state index contributed by atoms with van der Waals surface area (Å²) in [6.07, 6.45) is 0.870. The van der Waals surface area contributed by atoms with Gasteiger partial charge in [-0.05, 0) is 55.3 Å². The Hall–Kier alpha value is -2.59. The van der Waals surface area contributed by atoms with Gasteiger partial charge in [-0.2, -0.15) is 0 Å². The van der Waals surface area contributed by atoms with Crippen LogP contribution >= 0.6 is 11.3 Å². The van der Waals surface area contributed by atoms with Crippen molar-refractivity contribution >= 4 is 28.6 Å². The summed E-state index contributed by atoms with van der Waals surface area (Å²) in [7, 11) is 0. The number of nitrogens with two attached hydrogens (primary N) is 1. The Labute approximate surface area is 145 Å². The summed E-state index contributed by atoms with van der Waals surface area (Å²) in [5.74, 6) is 0.0225. The molecule has 0 bridgehead atoms. The Bertz CT molecular complexity index is 912. The van der Waals surface area contributed by atoms with Crippen LogP contribution in [0.2, 0.25) is 0 Å². The molecule has 0 spiro atoms. The van der Waals surface area contributed by atoms with Crippen LogP contribution in [-0.2, 0) is 6.42 Å². The minimum atomic E-state index is 0.0225. The average Bonchev–Trinajstić information content (AvgIpc) is 2.89. The topological polar surface area (TPSA) is 46.3 Å². The lowest BCUT2D eigenvalue weighted by molar-refractivity contribution is 0.0987. The third kappa shape index (κ3) is 2.49. The van der Waals surface area contributed by atoms with E-state index >= 15 is 0 Å². The first kappa shape index (κ1) is 15.0. The molecule has 1 aliphatic heterocycles. The van der Waals surface area contributed by atoms with Crippen LogP contribution in [0.25, 0.3) is 10.4 Å². The largest absolute Gasteiger partial charge is 0.399 e. The van der Waals surface area contributed by atoms with Crippen LogP contribution < -0.4 is 10.6 Å². The zero-order valence-corrected chi connectivity index (χ0v) is 14.3. The molecule has 1 amide bonds. The van der Waals surface area contributed by atoms with Crippen molar-refractivity contribution in [3.8, 4) is 10.4 Å². The van der Waals surface area contributed by atoms with Crippen molar-refractivity contribution < 1.29 is 4.79 Å². The summed E-state index contributed by atoms with van der Waals surface area (Å²) in [6.45, 7) is 2.82. The molecule has 0 atom stereocenters. The SMILES string of the molecule is Cc1cc2c(s1)-c1ccccc1N(C(=O)c1ccc(N)cc1)CC2. The third-order valence-electron chi connectivity index (χ3n) is 4.38. The predicted molar refractivity (Wildman–Crippen MR) is 101 cm³/mol. The number of para-hydroxylation sites is 1. The number of benzene rings is 2. The summed E-state index contributed by atoms with van der Waals surface area (Å²) in [5.41, 5.74) is 10.5. The first-order valence-corrected chi connectivity index (χ1v) is 8.81. The molecule has 2 heterocycles. The van der Waals surface area contributed by atoms with E-state index in [4.69, 9.17) is 5.73 Å². The van der Waals surface area contributed by atoms with Crippen molar-refractivity contribution in [3.05, 3.63) is 70.6 Å². The Morgan fingerprint density at radius 1 is 1.12 bits per heavy atom. The van der Waals surface area contributed by atoms with Crippen LogP contribution in [0.15, 0.2) is 54.6 Å². The first-order valence-electron chi connectivity index (χ1n) is 7.99. The highest BCUT2D eigenvalue weighted by Crippen LogP contribution is 2.41. The summed E-state index contributed by atoms with van der Waals surface area (Å²) in [5, 5.41) is 0. The number of hydrogen-bond donors (Lipinski definition) is 1. The number of nitrogen functional groups attached to an aromatic ring is 1. The van der Waals surface area contributed by atoms with E-state index in [0.29, 0.717) is 17.8 Å². The van der Waals surface area contributed by atoms with E-state index in [0.717, 1.165) is 17.7 Å². The van der Waals surface area contributed by atoms with Crippen molar-refractivity contribution in [1.82, 2.24) is 0 Å². The summed E-state index contributed by atoms with van der Waals surface area (Å²) in [4.78, 5) is 17.5. The van der Waals surface area contributed by atoms with Crippen LogP contribution in [0.5, 0.6) is 0 Å². The van der Waals surface area contributed by atoms with E-state index in [2.05, 4.69) is 19.1 Å². The van der Waals surface area contributed by atoms with Crippen LogP contribution in [0.3, 0.4) is 0 Å². The molecule has 2 N–H and O–H groups in total. The quantitative estimate of drug-likeness (QED) is 0.666. The van der Waals surface area contributed by atoms with E-state index in [9.17, 15) is 4.79 Å². The molecular formula is C20H18N2OS. The lowest BCUT2D eigenvalue weighted by Gasteiger charge is -2.23. The van der Waals surface area contributed by atoms with Gasteiger partial charge in [-0.3, -0.25) is 4.79 Å². The van der Waals surface area contributed by atoms with E-state index in [-0.39, 0.29) is 5.91 Å². The van der Waals surface area contributed by atoms with Crippen molar-refractivity contribution in [2.45, 2.75) is 13.3 Å². The molecular weight excluding hydrogens is 316 g/mol. The van der Waals surface area contributed by atoms with Gasteiger partial charge in [-0.25, -0.2) is 0 Å². The molecule has 120 valence electrons. The van der Waals surface area contributed by atoms with Gasteiger partial charge in [-0.15, -0.1) is 11.3 Å². The maximum absolute atomic E-state index is 13.1. The van der Waals surface area contributed by atoms with Crippen molar-refractivity contribution in [2.75, 3.05) is 17.2 Å². The molecule has 4 heteroatoms. The first-order chi connectivity index (χ1) is 11.6. The minimum Gasteiger partial charge on any atom is -0.399 e. The molecule has 0 unspecified atom stereocenters. The highest BCUT2D eigenvalue weighted by Gasteiger charge is 2.25. The van der Waals surface area contributed by atoms with Gasteiger partial charge in [0.25, 0.3) is 5.91 Å². The molecule has 24 heavy (non-hydrogen) atoms. The third-order valence-corrected chi connectivity index (χ3v) is 5.51. The number of thiophene rings is 1. The average molecular weight is 334 g/mol. The molecule has 0 saturated carbocycles. The molecule has 0 radical (unpaired) electrons. The number of carbonyl (C=O) groups excluding carboxylic acids is 1. The Balaban J connectivity index is 1.80. The van der Waals surface area contributed by atoms with E-state index < -0.39 is 0 Å². The number of rotatable bonds is 1. The monoisotopic (exact) mass is 334 g/mol. The second kappa shape index (κ2) is 5.80. The second-order valence-electron chi connectivity index (χ2n) is 6.06. The Morgan fingerprint density at radius 2 is 1.88 bits per heavy atom. The number of hydrogen-bond acceptors (Lipinski definition) is 3. The van der Waals surface area contributed by atoms with Crippen LogP contribution in [-0.4, -0.2) is 12.5 Å². The predicted octanol–water partition coefficient (Wildman–Crippen LogP) is 4.51. The smallest absolute Gasteiger partial charge is 0.258 e. The van der Waals surface area contributed by atoms with E-state index in [1.165, 1.54) is 15.3 Å². The van der Waals surface area contributed by atoms with Crippen molar-refractivity contribution in [1.29, 1.82) is 0 Å². The maximum Gasteiger partial charge on any atom is 0.258 e. The second-order valence-corrected chi connectivity index (χ2v) is 7.31. The van der Waals surface area contributed by atoms with Gasteiger partial charge < -0.3 is 10.6 Å². The minimum absolute atomic E-state index is 0.0225. The van der Waals surface area contributed by atoms with Crippen molar-refractivity contribution in [2.24, 2.45) is 0 Å². The van der Waals surface area contributed by atoms with Gasteiger partial charge in [-0.1, -0.05) is 18.2 Å². The lowest BCUT2D eigenvalue weighted by Crippen LogP contribution is -2.32. The van der Waals surface area contributed by atoms with Gasteiger partial charge in [0, 0.05) is 33.1 Å². The van der Waals surface area contributed by atoms with Crippen molar-refractivity contribution in [3.63, 3.8) is 0 Å². The standard InChI is InChI=1S/C20H18N2OS/c1-13-12-15-10-11-22(20(23)14-6-8-16(21)9-7-14)18-5-3-2-4-17(18)19(15)24-13/h2-9,12H,10-11,21H2,1H3. The fourth-order valence-electron chi connectivity index (χ4n) is 3.23. The normalized spacial score (nSPS) is 13.1. The molecule has 0 saturated heterocycles. The van der Waals surface area contributed by atoms with Gasteiger partial charge in [0.1, 0.15) is 0 Å². The van der Waals surface area contributed by atoms with Gasteiger partial charge >= 0.3 is 0 Å². The van der Waals surface area contributed by atoms with Crippen LogP contribution in [0, 0.1) is 6.92 Å². The zero-order valence-electron chi connectivity index (χ0n) is 13.5. The number of anilines is 2. The summed E-state index contributed by atoms with van der Waals surface area (Å²) >= 11 is 1.80. The fraction of sp³-hybridized carbons (Fsp3) is 0.150. The number of fused-ring (bicyclic) bond motifs is 3. The highest BCUT2D eigenvalue weighted by molar-refractivity contribution is 7.15. The molecule has 2 aromatic carbocycles. The molecule has 3 nitrogen and oxygen atoms in total. The molecule has 4 rings (SSSR count). The number of nitrogens with zero attached hydrogens (tertiary/aromatic N) is 1. The zero-order chi connectivity index (χ0) is 16.7. The summed E-state index contributed by atoms with van der Waals surface area (Å²) < 4.78 is 0. The number of carbonyl (C=O) groups is 1. The van der Waals surface area contributed by atoms with Gasteiger partial charge in [0.05, 0.1) is 5.69 Å². The molecule has 1 aromatic heterocycles. The molecule has 0 fully saturated rings. The number of aryl methyl sites for hydroxylation is 1.